The van der Waals surface area contributed by atoms with E-state index >= 15 is 0 Å². The molecule has 0 radical (unpaired) electrons. The van der Waals surface area contributed by atoms with Crippen molar-refractivity contribution >= 4 is 17.8 Å². The van der Waals surface area contributed by atoms with E-state index in [1.165, 1.54) is 0 Å². The molecule has 1 aromatic carbocycles. The summed E-state index contributed by atoms with van der Waals surface area (Å²) in [6.45, 7) is 2.90. The molecule has 3 rings (SSSR count). The van der Waals surface area contributed by atoms with Crippen LogP contribution in [0, 0.1) is 0 Å². The lowest BCUT2D eigenvalue weighted by Gasteiger charge is -2.23. The highest BCUT2D eigenvalue weighted by molar-refractivity contribution is 6.09. The van der Waals surface area contributed by atoms with Gasteiger partial charge in [-0.25, -0.2) is 4.79 Å². The Balaban J connectivity index is 1.78. The number of amides is 4. The smallest absolute Gasteiger partial charge is 0.325 e. The number of urea groups is 1. The number of carbonyl (C=O) groups excluding carboxylic acids is 3. The van der Waals surface area contributed by atoms with E-state index < -0.39 is 11.6 Å². The Morgan fingerprint density at radius 1 is 1.18 bits per heavy atom. The fourth-order valence-corrected chi connectivity index (χ4v) is 3.01. The molecule has 2 heterocycles. The van der Waals surface area contributed by atoms with Gasteiger partial charge in [0, 0.05) is 13.1 Å². The van der Waals surface area contributed by atoms with Gasteiger partial charge in [0.05, 0.1) is 0 Å². The molecule has 0 saturated carbocycles. The second kappa shape index (κ2) is 5.44. The van der Waals surface area contributed by atoms with Crippen LogP contribution in [-0.2, 0) is 15.1 Å². The number of nitrogens with one attached hydrogen (secondary N) is 1. The number of imide groups is 1. The Kier molecular flexibility index (Phi) is 3.60. The molecule has 0 unspecified atom stereocenters. The molecule has 0 aliphatic carbocycles. The van der Waals surface area contributed by atoms with Crippen LogP contribution in [0.5, 0.6) is 0 Å². The second-order valence-electron chi connectivity index (χ2n) is 5.90. The van der Waals surface area contributed by atoms with Gasteiger partial charge in [-0.15, -0.1) is 0 Å². The zero-order valence-corrected chi connectivity index (χ0v) is 12.5. The van der Waals surface area contributed by atoms with Gasteiger partial charge >= 0.3 is 6.03 Å². The van der Waals surface area contributed by atoms with Crippen LogP contribution in [-0.4, -0.2) is 47.3 Å². The molecule has 2 aliphatic rings. The minimum Gasteiger partial charge on any atom is -0.341 e. The Morgan fingerprint density at radius 2 is 1.82 bits per heavy atom. The predicted octanol–water partition coefficient (Wildman–Crippen LogP) is 1.08. The normalized spacial score (nSPS) is 24.8. The van der Waals surface area contributed by atoms with Gasteiger partial charge in [0.2, 0.25) is 5.91 Å². The maximum absolute atomic E-state index is 12.7. The topological polar surface area (TPSA) is 69.7 Å². The van der Waals surface area contributed by atoms with Crippen LogP contribution in [0.25, 0.3) is 0 Å². The number of likely N-dealkylation sites (tertiary alicyclic amines) is 1. The zero-order valence-electron chi connectivity index (χ0n) is 12.5. The minimum atomic E-state index is -1.11. The lowest BCUT2D eigenvalue weighted by molar-refractivity contribution is -0.138. The standard InChI is InChI=1S/C16H19N3O3/c1-16(12-7-3-2-4-8-12)14(21)19(15(22)17-16)11-13(20)18-9-5-6-10-18/h2-4,7-8H,5-6,9-11H2,1H3,(H,17,22)/t16-/m1/s1. The van der Waals surface area contributed by atoms with E-state index in [1.807, 2.05) is 18.2 Å². The van der Waals surface area contributed by atoms with Gasteiger partial charge in [-0.2, -0.15) is 0 Å². The van der Waals surface area contributed by atoms with Gasteiger partial charge in [0.15, 0.2) is 0 Å². The molecule has 2 aliphatic heterocycles. The molecule has 4 amide bonds. The first-order valence-corrected chi connectivity index (χ1v) is 7.50. The van der Waals surface area contributed by atoms with Gasteiger partial charge in [-0.3, -0.25) is 14.5 Å². The summed E-state index contributed by atoms with van der Waals surface area (Å²) in [6.07, 6.45) is 1.96. The molecule has 0 aromatic heterocycles. The molecule has 6 nitrogen and oxygen atoms in total. The summed E-state index contributed by atoms with van der Waals surface area (Å²) in [5, 5.41) is 2.71. The molecule has 22 heavy (non-hydrogen) atoms. The van der Waals surface area contributed by atoms with Crippen LogP contribution in [0.2, 0.25) is 0 Å². The van der Waals surface area contributed by atoms with Crippen molar-refractivity contribution in [2.75, 3.05) is 19.6 Å². The average Bonchev–Trinajstić information content (AvgIpc) is 3.12. The van der Waals surface area contributed by atoms with Gasteiger partial charge in [-0.1, -0.05) is 30.3 Å². The number of hydrogen-bond acceptors (Lipinski definition) is 3. The van der Waals surface area contributed by atoms with Crippen molar-refractivity contribution in [3.63, 3.8) is 0 Å². The average molecular weight is 301 g/mol. The summed E-state index contributed by atoms with van der Waals surface area (Å²) in [7, 11) is 0. The highest BCUT2D eigenvalue weighted by Crippen LogP contribution is 2.28. The molecule has 2 saturated heterocycles. The lowest BCUT2D eigenvalue weighted by atomic mass is 9.92. The van der Waals surface area contributed by atoms with Gasteiger partial charge in [0.25, 0.3) is 5.91 Å². The third-order valence-electron chi connectivity index (χ3n) is 4.38. The molecule has 6 heteroatoms. The first-order valence-electron chi connectivity index (χ1n) is 7.50. The number of benzene rings is 1. The highest BCUT2D eigenvalue weighted by atomic mass is 16.2. The van der Waals surface area contributed by atoms with E-state index in [0.29, 0.717) is 18.7 Å². The second-order valence-corrected chi connectivity index (χ2v) is 5.90. The fraction of sp³-hybridized carbons (Fsp3) is 0.438. The SMILES string of the molecule is C[C@]1(c2ccccc2)NC(=O)N(CC(=O)N2CCCC2)C1=O. The number of hydrogen-bond donors (Lipinski definition) is 1. The minimum absolute atomic E-state index is 0.168. The van der Waals surface area contributed by atoms with Crippen molar-refractivity contribution in [3.05, 3.63) is 35.9 Å². The van der Waals surface area contributed by atoms with Gasteiger partial charge in [-0.05, 0) is 25.3 Å². The molecular weight excluding hydrogens is 282 g/mol. The molecule has 2 fully saturated rings. The van der Waals surface area contributed by atoms with E-state index in [0.717, 1.165) is 17.7 Å². The molecular formula is C16H19N3O3. The van der Waals surface area contributed by atoms with Crippen molar-refractivity contribution in [3.8, 4) is 0 Å². The summed E-state index contributed by atoms with van der Waals surface area (Å²) in [6, 6.07) is 8.57. The van der Waals surface area contributed by atoms with E-state index in [-0.39, 0.29) is 18.4 Å². The van der Waals surface area contributed by atoms with E-state index in [1.54, 1.807) is 24.0 Å². The van der Waals surface area contributed by atoms with Gasteiger partial charge in [0.1, 0.15) is 12.1 Å². The third-order valence-corrected chi connectivity index (χ3v) is 4.38. The van der Waals surface area contributed by atoms with Crippen LogP contribution in [0.3, 0.4) is 0 Å². The van der Waals surface area contributed by atoms with E-state index in [4.69, 9.17) is 0 Å². The van der Waals surface area contributed by atoms with Crippen LogP contribution in [0.15, 0.2) is 30.3 Å². The molecule has 0 spiro atoms. The zero-order chi connectivity index (χ0) is 15.7. The first-order chi connectivity index (χ1) is 10.5. The van der Waals surface area contributed by atoms with Crippen molar-refractivity contribution < 1.29 is 14.4 Å². The molecule has 1 aromatic rings. The highest BCUT2D eigenvalue weighted by Gasteiger charge is 2.49. The Morgan fingerprint density at radius 3 is 2.45 bits per heavy atom. The first kappa shape index (κ1) is 14.6. The molecule has 1 N–H and O–H groups in total. The predicted molar refractivity (Wildman–Crippen MR) is 79.9 cm³/mol. The molecule has 1 atom stereocenters. The summed E-state index contributed by atoms with van der Waals surface area (Å²) in [4.78, 5) is 39.7. The largest absolute Gasteiger partial charge is 0.341 e. The van der Waals surface area contributed by atoms with E-state index in [9.17, 15) is 14.4 Å². The third kappa shape index (κ3) is 2.34. The number of carbonyl (C=O) groups is 3. The van der Waals surface area contributed by atoms with Gasteiger partial charge < -0.3 is 10.2 Å². The fourth-order valence-electron chi connectivity index (χ4n) is 3.01. The van der Waals surface area contributed by atoms with Crippen molar-refractivity contribution in [2.24, 2.45) is 0 Å². The monoisotopic (exact) mass is 301 g/mol. The number of rotatable bonds is 3. The summed E-state index contributed by atoms with van der Waals surface area (Å²) in [5.41, 5.74) is -0.395. The van der Waals surface area contributed by atoms with Crippen LogP contribution in [0.1, 0.15) is 25.3 Å². The summed E-state index contributed by atoms with van der Waals surface area (Å²) in [5.74, 6) is -0.547. The van der Waals surface area contributed by atoms with Crippen molar-refractivity contribution in [1.29, 1.82) is 0 Å². The summed E-state index contributed by atoms with van der Waals surface area (Å²) < 4.78 is 0. The maximum Gasteiger partial charge on any atom is 0.325 e. The van der Waals surface area contributed by atoms with Crippen molar-refractivity contribution in [1.82, 2.24) is 15.1 Å². The lowest BCUT2D eigenvalue weighted by Crippen LogP contribution is -2.43. The van der Waals surface area contributed by atoms with E-state index in [2.05, 4.69) is 5.32 Å². The Labute approximate surface area is 129 Å². The quantitative estimate of drug-likeness (QED) is 0.849. The molecule has 116 valence electrons. The summed E-state index contributed by atoms with van der Waals surface area (Å²) >= 11 is 0. The Hall–Kier alpha value is -2.37. The van der Waals surface area contributed by atoms with Crippen LogP contribution >= 0.6 is 0 Å². The van der Waals surface area contributed by atoms with Crippen molar-refractivity contribution in [2.45, 2.75) is 25.3 Å². The maximum atomic E-state index is 12.7. The molecule has 0 bridgehead atoms. The Bertz CT molecular complexity index is 610. The van der Waals surface area contributed by atoms with Crippen LogP contribution in [0.4, 0.5) is 4.79 Å². The number of nitrogens with zero attached hydrogens (tertiary/aromatic N) is 2. The van der Waals surface area contributed by atoms with Crippen LogP contribution < -0.4 is 5.32 Å².